The summed E-state index contributed by atoms with van der Waals surface area (Å²) in [5.41, 5.74) is 0.763. The highest BCUT2D eigenvalue weighted by atomic mass is 35.5. The number of aromatic nitrogens is 1. The molecule has 1 aromatic heterocycles. The van der Waals surface area contributed by atoms with Gasteiger partial charge in [0.1, 0.15) is 5.03 Å². The molecule has 2 unspecified atom stereocenters. The van der Waals surface area contributed by atoms with Gasteiger partial charge in [-0.25, -0.2) is 4.98 Å². The number of hydrogen-bond acceptors (Lipinski definition) is 4. The van der Waals surface area contributed by atoms with Gasteiger partial charge in [0, 0.05) is 41.8 Å². The zero-order valence-corrected chi connectivity index (χ0v) is 17.7. The maximum Gasteiger partial charge on any atom is 0.253 e. The standard InChI is InChI=1S/C20H23N3OS.2ClH/c1-23(17-12-15-7-8-16(13-17)22-15)20(24)14-5-9-18(10-6-14)25-19-4-2-3-11-21-19;;/h2-6,9-11,15-17,22H,7-8,12-13H2,1H3;2*1H. The highest BCUT2D eigenvalue weighted by Crippen LogP contribution is 2.30. The first-order valence-electron chi connectivity index (χ1n) is 8.91. The second-order valence-electron chi connectivity index (χ2n) is 6.97. The maximum atomic E-state index is 12.8. The Labute approximate surface area is 177 Å². The second kappa shape index (κ2) is 9.78. The van der Waals surface area contributed by atoms with E-state index in [-0.39, 0.29) is 30.7 Å². The maximum absolute atomic E-state index is 12.8. The smallest absolute Gasteiger partial charge is 0.253 e. The normalized spacial score (nSPS) is 23.1. The fourth-order valence-electron chi connectivity index (χ4n) is 3.91. The van der Waals surface area contributed by atoms with Crippen LogP contribution in [0.15, 0.2) is 58.6 Å². The molecule has 2 fully saturated rings. The summed E-state index contributed by atoms with van der Waals surface area (Å²) >= 11 is 1.61. The van der Waals surface area contributed by atoms with Crippen LogP contribution in [0.4, 0.5) is 0 Å². The van der Waals surface area contributed by atoms with Gasteiger partial charge in [-0.1, -0.05) is 17.8 Å². The summed E-state index contributed by atoms with van der Waals surface area (Å²) in [5, 5.41) is 4.60. The van der Waals surface area contributed by atoms with E-state index in [9.17, 15) is 4.79 Å². The molecule has 1 amide bonds. The molecule has 2 bridgehead atoms. The van der Waals surface area contributed by atoms with Crippen molar-refractivity contribution in [1.29, 1.82) is 0 Å². The van der Waals surface area contributed by atoms with Gasteiger partial charge in [0.25, 0.3) is 5.91 Å². The Hall–Kier alpha value is -1.27. The summed E-state index contributed by atoms with van der Waals surface area (Å²) in [6.07, 6.45) is 6.45. The number of pyridine rings is 1. The molecule has 0 spiro atoms. The van der Waals surface area contributed by atoms with Crippen LogP contribution in [0.5, 0.6) is 0 Å². The van der Waals surface area contributed by atoms with Crippen LogP contribution in [-0.2, 0) is 0 Å². The van der Waals surface area contributed by atoms with E-state index in [0.717, 1.165) is 28.3 Å². The molecule has 2 aliphatic rings. The van der Waals surface area contributed by atoms with Gasteiger partial charge in [-0.15, -0.1) is 24.8 Å². The molecule has 0 aliphatic carbocycles. The van der Waals surface area contributed by atoms with E-state index in [4.69, 9.17) is 0 Å². The number of hydrogen-bond donors (Lipinski definition) is 1. The van der Waals surface area contributed by atoms with E-state index in [2.05, 4.69) is 10.3 Å². The minimum absolute atomic E-state index is 0. The first-order valence-corrected chi connectivity index (χ1v) is 9.73. The van der Waals surface area contributed by atoms with Gasteiger partial charge in [-0.3, -0.25) is 4.79 Å². The molecule has 1 N–H and O–H groups in total. The average Bonchev–Trinajstić information content (AvgIpc) is 3.00. The van der Waals surface area contributed by atoms with Crippen LogP contribution in [0.2, 0.25) is 0 Å². The van der Waals surface area contributed by atoms with Crippen LogP contribution in [-0.4, -0.2) is 41.0 Å². The van der Waals surface area contributed by atoms with E-state index >= 15 is 0 Å². The van der Waals surface area contributed by atoms with Crippen molar-refractivity contribution >= 4 is 42.5 Å². The van der Waals surface area contributed by atoms with Gasteiger partial charge in [0.2, 0.25) is 0 Å². The molecule has 2 aliphatic heterocycles. The summed E-state index contributed by atoms with van der Waals surface area (Å²) in [6.45, 7) is 0. The first kappa shape index (κ1) is 22.0. The van der Waals surface area contributed by atoms with Crippen molar-refractivity contribution in [1.82, 2.24) is 15.2 Å². The number of halogens is 2. The van der Waals surface area contributed by atoms with Crippen molar-refractivity contribution in [3.8, 4) is 0 Å². The van der Waals surface area contributed by atoms with Crippen LogP contribution < -0.4 is 5.32 Å². The van der Waals surface area contributed by atoms with Gasteiger partial charge in [-0.2, -0.15) is 0 Å². The molecule has 7 heteroatoms. The lowest BCUT2D eigenvalue weighted by molar-refractivity contribution is 0.0681. The summed E-state index contributed by atoms with van der Waals surface area (Å²) in [7, 11) is 1.95. The average molecular weight is 426 g/mol. The Balaban J connectivity index is 0.00000131. The Bertz CT molecular complexity index is 733. The third-order valence-electron chi connectivity index (χ3n) is 5.28. The van der Waals surface area contributed by atoms with Crippen molar-refractivity contribution < 1.29 is 4.79 Å². The van der Waals surface area contributed by atoms with E-state index in [1.807, 2.05) is 54.4 Å². The number of carbonyl (C=O) groups excluding carboxylic acids is 1. The number of nitrogens with zero attached hydrogens (tertiary/aromatic N) is 2. The summed E-state index contributed by atoms with van der Waals surface area (Å²) in [4.78, 5) is 20.2. The van der Waals surface area contributed by atoms with Gasteiger partial charge in [0.05, 0.1) is 0 Å². The van der Waals surface area contributed by atoms with Crippen molar-refractivity contribution in [3.05, 3.63) is 54.2 Å². The van der Waals surface area contributed by atoms with Crippen LogP contribution in [0, 0.1) is 0 Å². The molecule has 2 saturated heterocycles. The third-order valence-corrected chi connectivity index (χ3v) is 6.24. The zero-order valence-electron chi connectivity index (χ0n) is 15.2. The molecule has 1 aromatic carbocycles. The molecular formula is C20H25Cl2N3OS. The third kappa shape index (κ3) is 5.17. The van der Waals surface area contributed by atoms with Crippen LogP contribution in [0.25, 0.3) is 0 Å². The molecule has 0 saturated carbocycles. The van der Waals surface area contributed by atoms with Crippen molar-refractivity contribution in [2.75, 3.05) is 7.05 Å². The Morgan fingerprint density at radius 2 is 1.74 bits per heavy atom. The molecular weight excluding hydrogens is 401 g/mol. The Morgan fingerprint density at radius 3 is 2.33 bits per heavy atom. The van der Waals surface area contributed by atoms with Gasteiger partial charge >= 0.3 is 0 Å². The number of benzene rings is 1. The number of carbonyl (C=O) groups is 1. The number of fused-ring (bicyclic) bond motifs is 2. The minimum Gasteiger partial charge on any atom is -0.339 e. The van der Waals surface area contributed by atoms with E-state index in [0.29, 0.717) is 18.1 Å². The topological polar surface area (TPSA) is 45.2 Å². The van der Waals surface area contributed by atoms with Gasteiger partial charge < -0.3 is 10.2 Å². The second-order valence-corrected chi connectivity index (χ2v) is 8.07. The fourth-order valence-corrected chi connectivity index (χ4v) is 4.68. The van der Waals surface area contributed by atoms with Crippen molar-refractivity contribution in [2.45, 2.75) is 53.7 Å². The van der Waals surface area contributed by atoms with Crippen LogP contribution >= 0.6 is 36.6 Å². The summed E-state index contributed by atoms with van der Waals surface area (Å²) in [5.74, 6) is 0.126. The van der Waals surface area contributed by atoms with Gasteiger partial charge in [0.15, 0.2) is 0 Å². The van der Waals surface area contributed by atoms with Gasteiger partial charge in [-0.05, 0) is 62.1 Å². The quantitative estimate of drug-likeness (QED) is 0.786. The highest BCUT2D eigenvalue weighted by molar-refractivity contribution is 7.99. The first-order chi connectivity index (χ1) is 12.2. The van der Waals surface area contributed by atoms with Crippen molar-refractivity contribution in [2.24, 2.45) is 0 Å². The molecule has 4 nitrogen and oxygen atoms in total. The minimum atomic E-state index is 0. The summed E-state index contributed by atoms with van der Waals surface area (Å²) in [6, 6.07) is 15.3. The largest absolute Gasteiger partial charge is 0.339 e. The summed E-state index contributed by atoms with van der Waals surface area (Å²) < 4.78 is 0. The van der Waals surface area contributed by atoms with E-state index < -0.39 is 0 Å². The highest BCUT2D eigenvalue weighted by Gasteiger charge is 2.36. The predicted octanol–water partition coefficient (Wildman–Crippen LogP) is 4.43. The molecule has 0 radical (unpaired) electrons. The lowest BCUT2D eigenvalue weighted by Crippen LogP contribution is -2.48. The molecule has 2 aromatic rings. The zero-order chi connectivity index (χ0) is 17.2. The number of amides is 1. The molecule has 146 valence electrons. The lowest BCUT2D eigenvalue weighted by Gasteiger charge is -2.35. The molecule has 27 heavy (non-hydrogen) atoms. The lowest BCUT2D eigenvalue weighted by atomic mass is 9.98. The van der Waals surface area contributed by atoms with Crippen molar-refractivity contribution in [3.63, 3.8) is 0 Å². The number of nitrogens with one attached hydrogen (secondary N) is 1. The predicted molar refractivity (Wildman–Crippen MR) is 114 cm³/mol. The SMILES string of the molecule is CN(C(=O)c1ccc(Sc2ccccn2)cc1)C1CC2CCC(C1)N2.Cl.Cl. The molecule has 2 atom stereocenters. The molecule has 3 heterocycles. The monoisotopic (exact) mass is 425 g/mol. The number of piperidine rings is 1. The van der Waals surface area contributed by atoms with E-state index in [1.54, 1.807) is 18.0 Å². The Kier molecular flexibility index (Phi) is 7.98. The van der Waals surface area contributed by atoms with Crippen LogP contribution in [0.1, 0.15) is 36.0 Å². The fraction of sp³-hybridized carbons (Fsp3) is 0.400. The number of rotatable bonds is 4. The van der Waals surface area contributed by atoms with E-state index in [1.165, 1.54) is 12.8 Å². The Morgan fingerprint density at radius 1 is 1.07 bits per heavy atom. The molecule has 4 rings (SSSR count). The van der Waals surface area contributed by atoms with Crippen LogP contribution in [0.3, 0.4) is 0 Å².